The van der Waals surface area contributed by atoms with E-state index in [1.807, 2.05) is 0 Å². The van der Waals surface area contributed by atoms with Gasteiger partial charge in [0.2, 0.25) is 0 Å². The van der Waals surface area contributed by atoms with Crippen molar-refractivity contribution in [2.45, 2.75) is 6.18 Å². The van der Waals surface area contributed by atoms with E-state index >= 15 is 0 Å². The van der Waals surface area contributed by atoms with Crippen molar-refractivity contribution in [3.63, 3.8) is 0 Å². The molecule has 0 radical (unpaired) electrons. The standard InChI is InChI=1S/C9H6F3NO2/c10-9(11,12)7-4-2-1-3-6(7)5-13-8(14)15/h1-5H,(H,14,15). The summed E-state index contributed by atoms with van der Waals surface area (Å²) < 4.78 is 37.1. The summed E-state index contributed by atoms with van der Waals surface area (Å²) in [6, 6.07) is 4.61. The highest BCUT2D eigenvalue weighted by Gasteiger charge is 2.32. The van der Waals surface area contributed by atoms with Crippen molar-refractivity contribution in [2.75, 3.05) is 0 Å². The second-order valence-electron chi connectivity index (χ2n) is 2.63. The summed E-state index contributed by atoms with van der Waals surface area (Å²) in [4.78, 5) is 12.9. The minimum absolute atomic E-state index is 0.271. The Morgan fingerprint density at radius 2 is 1.93 bits per heavy atom. The van der Waals surface area contributed by atoms with Gasteiger partial charge in [0.05, 0.1) is 5.56 Å². The third-order valence-electron chi connectivity index (χ3n) is 1.58. The number of hydrogen-bond donors (Lipinski definition) is 1. The summed E-state index contributed by atoms with van der Waals surface area (Å²) in [6.45, 7) is 0. The quantitative estimate of drug-likeness (QED) is 0.735. The molecule has 1 aromatic rings. The van der Waals surface area contributed by atoms with Crippen LogP contribution in [0.2, 0.25) is 0 Å². The van der Waals surface area contributed by atoms with Crippen molar-refractivity contribution in [2.24, 2.45) is 4.99 Å². The predicted octanol–water partition coefficient (Wildman–Crippen LogP) is 2.80. The number of carbonyl (C=O) groups is 1. The summed E-state index contributed by atoms with van der Waals surface area (Å²) >= 11 is 0. The van der Waals surface area contributed by atoms with Crippen LogP contribution in [-0.2, 0) is 6.18 Å². The van der Waals surface area contributed by atoms with E-state index in [9.17, 15) is 18.0 Å². The van der Waals surface area contributed by atoms with Crippen LogP contribution in [0.15, 0.2) is 29.3 Å². The van der Waals surface area contributed by atoms with Gasteiger partial charge in [-0.1, -0.05) is 18.2 Å². The number of amides is 1. The highest BCUT2D eigenvalue weighted by atomic mass is 19.4. The van der Waals surface area contributed by atoms with Crippen LogP contribution in [0, 0.1) is 0 Å². The molecule has 0 heterocycles. The van der Waals surface area contributed by atoms with Crippen molar-refractivity contribution in [3.05, 3.63) is 35.4 Å². The minimum atomic E-state index is -4.51. The zero-order chi connectivity index (χ0) is 11.5. The largest absolute Gasteiger partial charge is 0.463 e. The number of halogens is 3. The van der Waals surface area contributed by atoms with Crippen molar-refractivity contribution >= 4 is 12.3 Å². The third-order valence-corrected chi connectivity index (χ3v) is 1.58. The highest BCUT2D eigenvalue weighted by molar-refractivity contribution is 5.89. The molecule has 0 fully saturated rings. The lowest BCUT2D eigenvalue weighted by Gasteiger charge is -2.08. The van der Waals surface area contributed by atoms with Gasteiger partial charge in [0.25, 0.3) is 0 Å². The van der Waals surface area contributed by atoms with Crippen LogP contribution >= 0.6 is 0 Å². The summed E-state index contributed by atoms with van der Waals surface area (Å²) in [5.41, 5.74) is -1.18. The van der Waals surface area contributed by atoms with Gasteiger partial charge in [-0.25, -0.2) is 4.79 Å². The van der Waals surface area contributed by atoms with Crippen molar-refractivity contribution in [1.82, 2.24) is 0 Å². The molecule has 0 aliphatic rings. The molecule has 1 amide bonds. The van der Waals surface area contributed by atoms with E-state index in [1.54, 1.807) is 0 Å². The molecule has 15 heavy (non-hydrogen) atoms. The van der Waals surface area contributed by atoms with Gasteiger partial charge >= 0.3 is 12.3 Å². The van der Waals surface area contributed by atoms with E-state index in [4.69, 9.17) is 5.11 Å². The molecule has 1 aromatic carbocycles. The van der Waals surface area contributed by atoms with E-state index in [1.165, 1.54) is 12.1 Å². The molecule has 1 rings (SSSR count). The highest BCUT2D eigenvalue weighted by Crippen LogP contribution is 2.30. The second kappa shape index (κ2) is 4.12. The van der Waals surface area contributed by atoms with Crippen molar-refractivity contribution in [1.29, 1.82) is 0 Å². The Hall–Kier alpha value is -1.85. The summed E-state index contributed by atoms with van der Waals surface area (Å²) in [6.07, 6.45) is -5.38. The molecule has 0 aliphatic carbocycles. The van der Waals surface area contributed by atoms with Gasteiger partial charge in [-0.2, -0.15) is 18.2 Å². The SMILES string of the molecule is O=C(O)N=Cc1ccccc1C(F)(F)F. The number of alkyl halides is 3. The topological polar surface area (TPSA) is 49.7 Å². The van der Waals surface area contributed by atoms with E-state index in [2.05, 4.69) is 4.99 Å². The summed E-state index contributed by atoms with van der Waals surface area (Å²) in [5, 5.41) is 8.19. The number of benzene rings is 1. The lowest BCUT2D eigenvalue weighted by atomic mass is 10.1. The zero-order valence-electron chi connectivity index (χ0n) is 7.32. The molecule has 0 aromatic heterocycles. The average Bonchev–Trinajstić information content (AvgIpc) is 2.13. The Balaban J connectivity index is 3.13. The zero-order valence-corrected chi connectivity index (χ0v) is 7.32. The van der Waals surface area contributed by atoms with E-state index in [0.717, 1.165) is 12.1 Å². The van der Waals surface area contributed by atoms with Gasteiger partial charge < -0.3 is 5.11 Å². The van der Waals surface area contributed by atoms with Gasteiger partial charge in [-0.05, 0) is 6.07 Å². The molecule has 80 valence electrons. The molecule has 0 bridgehead atoms. The molecule has 0 unspecified atom stereocenters. The third kappa shape index (κ3) is 3.08. The first-order chi connectivity index (χ1) is 6.91. The van der Waals surface area contributed by atoms with Crippen LogP contribution in [0.4, 0.5) is 18.0 Å². The smallest absolute Gasteiger partial charge is 0.431 e. The van der Waals surface area contributed by atoms with E-state index < -0.39 is 17.8 Å². The normalized spacial score (nSPS) is 11.9. The number of aliphatic imine (C=N–C) groups is 1. The maximum absolute atomic E-state index is 12.4. The van der Waals surface area contributed by atoms with Crippen LogP contribution < -0.4 is 0 Å². The molecule has 3 nitrogen and oxygen atoms in total. The maximum atomic E-state index is 12.4. The number of carboxylic acid groups (broad SMARTS) is 1. The Labute approximate surface area is 82.9 Å². The minimum Gasteiger partial charge on any atom is -0.463 e. The number of nitrogens with zero attached hydrogens (tertiary/aromatic N) is 1. The van der Waals surface area contributed by atoms with Crippen molar-refractivity contribution in [3.8, 4) is 0 Å². The van der Waals surface area contributed by atoms with E-state index in [0.29, 0.717) is 6.21 Å². The van der Waals surface area contributed by atoms with Gasteiger partial charge in [0.15, 0.2) is 0 Å². The fourth-order valence-electron chi connectivity index (χ4n) is 0.993. The first kappa shape index (κ1) is 11.2. The van der Waals surface area contributed by atoms with Crippen molar-refractivity contribution < 1.29 is 23.1 Å². The van der Waals surface area contributed by atoms with Gasteiger partial charge in [-0.3, -0.25) is 0 Å². The Morgan fingerprint density at radius 1 is 1.33 bits per heavy atom. The molecule has 0 spiro atoms. The Kier molecular flexibility index (Phi) is 3.08. The molecule has 0 aliphatic heterocycles. The van der Waals surface area contributed by atoms with Crippen LogP contribution in [0.1, 0.15) is 11.1 Å². The van der Waals surface area contributed by atoms with Crippen LogP contribution in [-0.4, -0.2) is 17.4 Å². The summed E-state index contributed by atoms with van der Waals surface area (Å²) in [7, 11) is 0. The molecule has 0 saturated carbocycles. The van der Waals surface area contributed by atoms with Gasteiger partial charge in [-0.15, -0.1) is 0 Å². The first-order valence-corrected chi connectivity index (χ1v) is 3.84. The lowest BCUT2D eigenvalue weighted by Crippen LogP contribution is -2.08. The fraction of sp³-hybridized carbons (Fsp3) is 0.111. The molecule has 1 N–H and O–H groups in total. The lowest BCUT2D eigenvalue weighted by molar-refractivity contribution is -0.137. The molecule has 0 atom stereocenters. The predicted molar refractivity (Wildman–Crippen MR) is 47.1 cm³/mol. The molecular weight excluding hydrogens is 211 g/mol. The second-order valence-corrected chi connectivity index (χ2v) is 2.63. The van der Waals surface area contributed by atoms with Gasteiger partial charge in [0.1, 0.15) is 0 Å². The fourth-order valence-corrected chi connectivity index (χ4v) is 0.993. The Bertz CT molecular complexity index is 399. The number of hydrogen-bond acceptors (Lipinski definition) is 1. The van der Waals surface area contributed by atoms with Crippen LogP contribution in [0.3, 0.4) is 0 Å². The number of rotatable bonds is 1. The first-order valence-electron chi connectivity index (χ1n) is 3.84. The Morgan fingerprint density at radius 3 is 2.47 bits per heavy atom. The van der Waals surface area contributed by atoms with Crippen LogP contribution in [0.5, 0.6) is 0 Å². The maximum Gasteiger partial charge on any atom is 0.431 e. The van der Waals surface area contributed by atoms with Gasteiger partial charge in [0, 0.05) is 11.8 Å². The van der Waals surface area contributed by atoms with E-state index in [-0.39, 0.29) is 5.56 Å². The molecule has 0 saturated heterocycles. The van der Waals surface area contributed by atoms with Crippen LogP contribution in [0.25, 0.3) is 0 Å². The summed E-state index contributed by atoms with van der Waals surface area (Å²) in [5.74, 6) is 0. The monoisotopic (exact) mass is 217 g/mol. The molecule has 6 heteroatoms. The molecular formula is C9H6F3NO2. The average molecular weight is 217 g/mol.